The van der Waals surface area contributed by atoms with Gasteiger partial charge in [0.05, 0.1) is 5.56 Å². The number of phenols is 1. The summed E-state index contributed by atoms with van der Waals surface area (Å²) in [6.07, 6.45) is 3.59. The minimum atomic E-state index is -1.10. The van der Waals surface area contributed by atoms with E-state index in [9.17, 15) is 14.3 Å². The zero-order chi connectivity index (χ0) is 13.1. The molecule has 1 aromatic carbocycles. The molecular weight excluding hydrogens is 257 g/mol. The Bertz CT molecular complexity index is 540. The van der Waals surface area contributed by atoms with Gasteiger partial charge in [0.25, 0.3) is 5.91 Å². The van der Waals surface area contributed by atoms with Crippen LogP contribution in [0.25, 0.3) is 0 Å². The van der Waals surface area contributed by atoms with Gasteiger partial charge in [-0.05, 0) is 24.3 Å². The van der Waals surface area contributed by atoms with Crippen LogP contribution in [0.5, 0.6) is 5.75 Å². The van der Waals surface area contributed by atoms with E-state index in [1.54, 1.807) is 12.2 Å². The maximum Gasteiger partial charge on any atom is 0.259 e. The van der Waals surface area contributed by atoms with Crippen molar-refractivity contribution >= 4 is 17.5 Å². The third-order valence-corrected chi connectivity index (χ3v) is 2.74. The fraction of sp³-hybridized carbons (Fsp3) is 0.154. The molecule has 1 unspecified atom stereocenters. The van der Waals surface area contributed by atoms with E-state index in [-0.39, 0.29) is 17.7 Å². The smallest absolute Gasteiger partial charge is 0.259 e. The summed E-state index contributed by atoms with van der Waals surface area (Å²) >= 11 is 5.75. The molecule has 0 fully saturated rings. The van der Waals surface area contributed by atoms with Crippen LogP contribution in [-0.4, -0.2) is 17.2 Å². The summed E-state index contributed by atoms with van der Waals surface area (Å²) in [7, 11) is 0. The molecule has 1 amide bonds. The molecule has 0 radical (unpaired) electrons. The monoisotopic (exact) mass is 267 g/mol. The van der Waals surface area contributed by atoms with Crippen molar-refractivity contribution in [1.29, 1.82) is 0 Å². The highest BCUT2D eigenvalue weighted by molar-refractivity contribution is 6.31. The van der Waals surface area contributed by atoms with Gasteiger partial charge in [-0.1, -0.05) is 23.8 Å². The molecule has 5 heteroatoms. The molecule has 0 aliphatic heterocycles. The van der Waals surface area contributed by atoms with Gasteiger partial charge >= 0.3 is 0 Å². The zero-order valence-electron chi connectivity index (χ0n) is 9.36. The lowest BCUT2D eigenvalue weighted by atomic mass is 10.1. The van der Waals surface area contributed by atoms with E-state index in [0.717, 1.165) is 0 Å². The Morgan fingerprint density at radius 1 is 1.50 bits per heavy atom. The van der Waals surface area contributed by atoms with E-state index < -0.39 is 12.1 Å². The Morgan fingerprint density at radius 3 is 3.00 bits per heavy atom. The predicted molar refractivity (Wildman–Crippen MR) is 67.3 cm³/mol. The normalized spacial score (nSPS) is 18.3. The van der Waals surface area contributed by atoms with Gasteiger partial charge in [-0.3, -0.25) is 4.79 Å². The van der Waals surface area contributed by atoms with Crippen LogP contribution >= 0.6 is 11.6 Å². The first-order valence-corrected chi connectivity index (χ1v) is 5.75. The van der Waals surface area contributed by atoms with Crippen LogP contribution < -0.4 is 5.32 Å². The second-order valence-electron chi connectivity index (χ2n) is 3.91. The number of benzene rings is 1. The SMILES string of the molecule is O=C(NC1=CC=CC(F)C1)c1cc(Cl)ccc1O. The number of hydrogen-bond acceptors (Lipinski definition) is 2. The van der Waals surface area contributed by atoms with E-state index in [0.29, 0.717) is 10.7 Å². The second kappa shape index (κ2) is 5.23. The summed E-state index contributed by atoms with van der Waals surface area (Å²) in [5.41, 5.74) is 0.530. The van der Waals surface area contributed by atoms with Crippen molar-refractivity contribution in [1.82, 2.24) is 5.32 Å². The van der Waals surface area contributed by atoms with Crippen LogP contribution in [0.15, 0.2) is 42.1 Å². The zero-order valence-corrected chi connectivity index (χ0v) is 10.1. The fourth-order valence-corrected chi connectivity index (χ4v) is 1.81. The number of rotatable bonds is 2. The standard InChI is InChI=1S/C13H11ClFNO2/c14-8-4-5-12(17)11(6-8)13(18)16-10-3-1-2-9(15)7-10/h1-6,9,17H,7H2,(H,16,18). The molecule has 2 rings (SSSR count). The molecule has 3 nitrogen and oxygen atoms in total. The van der Waals surface area contributed by atoms with E-state index in [1.807, 2.05) is 0 Å². The lowest BCUT2D eigenvalue weighted by Crippen LogP contribution is -2.25. The van der Waals surface area contributed by atoms with Crippen LogP contribution in [0.2, 0.25) is 5.02 Å². The molecule has 0 bridgehead atoms. The molecule has 0 spiro atoms. The van der Waals surface area contributed by atoms with Gasteiger partial charge in [0.15, 0.2) is 0 Å². The lowest BCUT2D eigenvalue weighted by molar-refractivity contribution is 0.0961. The number of amides is 1. The van der Waals surface area contributed by atoms with Gasteiger partial charge in [-0.2, -0.15) is 0 Å². The summed E-state index contributed by atoms with van der Waals surface area (Å²) in [6.45, 7) is 0. The second-order valence-corrected chi connectivity index (χ2v) is 4.35. The van der Waals surface area contributed by atoms with Crippen molar-refractivity contribution in [3.8, 4) is 5.75 Å². The highest BCUT2D eigenvalue weighted by Crippen LogP contribution is 2.22. The average molecular weight is 268 g/mol. The summed E-state index contributed by atoms with van der Waals surface area (Å²) in [5, 5.41) is 12.5. The van der Waals surface area contributed by atoms with Gasteiger partial charge in [-0.25, -0.2) is 4.39 Å². The summed E-state index contributed by atoms with van der Waals surface area (Å²) < 4.78 is 13.1. The van der Waals surface area contributed by atoms with Crippen molar-refractivity contribution in [3.05, 3.63) is 52.7 Å². The molecule has 1 atom stereocenters. The van der Waals surface area contributed by atoms with Crippen LogP contribution in [0.4, 0.5) is 4.39 Å². The first kappa shape index (κ1) is 12.6. The van der Waals surface area contributed by atoms with E-state index >= 15 is 0 Å². The maximum absolute atomic E-state index is 13.1. The summed E-state index contributed by atoms with van der Waals surface area (Å²) in [5.74, 6) is -0.676. The molecule has 0 saturated heterocycles. The Hall–Kier alpha value is -1.81. The van der Waals surface area contributed by atoms with Crippen molar-refractivity contribution < 1.29 is 14.3 Å². The van der Waals surface area contributed by atoms with Gasteiger partial charge in [-0.15, -0.1) is 0 Å². The molecule has 2 N–H and O–H groups in total. The topological polar surface area (TPSA) is 49.3 Å². The van der Waals surface area contributed by atoms with Crippen LogP contribution in [0.3, 0.4) is 0 Å². The molecule has 0 saturated carbocycles. The number of nitrogens with one attached hydrogen (secondary N) is 1. The number of carbonyl (C=O) groups excluding carboxylic acids is 1. The first-order valence-electron chi connectivity index (χ1n) is 5.37. The Morgan fingerprint density at radius 2 is 2.28 bits per heavy atom. The number of halogens is 2. The van der Waals surface area contributed by atoms with Gasteiger partial charge in [0.2, 0.25) is 0 Å². The minimum Gasteiger partial charge on any atom is -0.507 e. The average Bonchev–Trinajstić information content (AvgIpc) is 2.32. The number of hydrogen-bond donors (Lipinski definition) is 2. The number of phenolic OH excluding ortho intramolecular Hbond substituents is 1. The van der Waals surface area contributed by atoms with Crippen molar-refractivity contribution in [3.63, 3.8) is 0 Å². The van der Waals surface area contributed by atoms with Crippen molar-refractivity contribution in [2.24, 2.45) is 0 Å². The Balaban J connectivity index is 2.15. The van der Waals surface area contributed by atoms with Crippen molar-refractivity contribution in [2.75, 3.05) is 0 Å². The molecule has 0 heterocycles. The quantitative estimate of drug-likeness (QED) is 0.865. The molecule has 1 aliphatic carbocycles. The Kier molecular flexibility index (Phi) is 3.67. The number of carbonyl (C=O) groups is 1. The van der Waals surface area contributed by atoms with E-state index in [1.165, 1.54) is 24.3 Å². The summed E-state index contributed by atoms with van der Waals surface area (Å²) in [6, 6.07) is 4.18. The fourth-order valence-electron chi connectivity index (χ4n) is 1.63. The van der Waals surface area contributed by atoms with Gasteiger partial charge in [0, 0.05) is 17.1 Å². The van der Waals surface area contributed by atoms with Crippen molar-refractivity contribution in [2.45, 2.75) is 12.6 Å². The largest absolute Gasteiger partial charge is 0.507 e. The van der Waals surface area contributed by atoms with Gasteiger partial charge in [0.1, 0.15) is 11.9 Å². The number of allylic oxidation sites excluding steroid dienone is 4. The third-order valence-electron chi connectivity index (χ3n) is 2.51. The van der Waals surface area contributed by atoms with Crippen LogP contribution in [0, 0.1) is 0 Å². The molecule has 1 aliphatic rings. The lowest BCUT2D eigenvalue weighted by Gasteiger charge is -2.14. The van der Waals surface area contributed by atoms with Crippen LogP contribution in [-0.2, 0) is 0 Å². The third kappa shape index (κ3) is 2.90. The molecule has 18 heavy (non-hydrogen) atoms. The molecule has 0 aromatic heterocycles. The number of alkyl halides is 1. The predicted octanol–water partition coefficient (Wildman–Crippen LogP) is 2.96. The first-order chi connectivity index (χ1) is 8.56. The highest BCUT2D eigenvalue weighted by atomic mass is 35.5. The Labute approximate surface area is 109 Å². The van der Waals surface area contributed by atoms with Gasteiger partial charge < -0.3 is 10.4 Å². The summed E-state index contributed by atoms with van der Waals surface area (Å²) in [4.78, 5) is 11.9. The minimum absolute atomic E-state index is 0.0633. The maximum atomic E-state index is 13.1. The molecular formula is C13H11ClFNO2. The van der Waals surface area contributed by atoms with E-state index in [4.69, 9.17) is 11.6 Å². The van der Waals surface area contributed by atoms with Crippen LogP contribution in [0.1, 0.15) is 16.8 Å². The molecule has 1 aromatic rings. The molecule has 94 valence electrons. The number of aromatic hydroxyl groups is 1. The van der Waals surface area contributed by atoms with E-state index in [2.05, 4.69) is 5.32 Å². The highest BCUT2D eigenvalue weighted by Gasteiger charge is 2.16.